The molecule has 4 heteroatoms. The van der Waals surface area contributed by atoms with Crippen LogP contribution < -0.4 is 5.32 Å². The van der Waals surface area contributed by atoms with E-state index in [1.54, 1.807) is 24.3 Å². The molecule has 1 aromatic heterocycles. The molecule has 3 nitrogen and oxygen atoms in total. The van der Waals surface area contributed by atoms with Crippen LogP contribution in [0.25, 0.3) is 10.1 Å². The fourth-order valence-electron chi connectivity index (χ4n) is 2.78. The maximum Gasteiger partial charge on any atom is 0.266 e. The van der Waals surface area contributed by atoms with Crippen molar-refractivity contribution < 1.29 is 9.59 Å². The molecule has 1 amide bonds. The van der Waals surface area contributed by atoms with Gasteiger partial charge in [0.05, 0.1) is 4.88 Å². The van der Waals surface area contributed by atoms with Gasteiger partial charge in [0.15, 0.2) is 5.78 Å². The van der Waals surface area contributed by atoms with Crippen LogP contribution in [0.3, 0.4) is 0 Å². The van der Waals surface area contributed by atoms with Gasteiger partial charge < -0.3 is 5.32 Å². The van der Waals surface area contributed by atoms with Gasteiger partial charge >= 0.3 is 0 Å². The fourth-order valence-corrected chi connectivity index (χ4v) is 3.93. The highest BCUT2D eigenvalue weighted by Crippen LogP contribution is 2.32. The van der Waals surface area contributed by atoms with Gasteiger partial charge in [-0.05, 0) is 42.5 Å². The van der Waals surface area contributed by atoms with E-state index >= 15 is 0 Å². The summed E-state index contributed by atoms with van der Waals surface area (Å²) in [5, 5.41) is 4.09. The van der Waals surface area contributed by atoms with Crippen LogP contribution in [-0.2, 0) is 6.42 Å². The molecule has 1 N–H and O–H groups in total. The van der Waals surface area contributed by atoms with Gasteiger partial charge in [-0.25, -0.2) is 0 Å². The lowest BCUT2D eigenvalue weighted by atomic mass is 10.1. The predicted octanol–water partition coefficient (Wildman–Crippen LogP) is 5.31. The number of rotatable bonds is 5. The quantitative estimate of drug-likeness (QED) is 0.641. The lowest BCUT2D eigenvalue weighted by molar-refractivity contribution is 0.101. The highest BCUT2D eigenvalue weighted by molar-refractivity contribution is 7.21. The Balaban J connectivity index is 1.95. The molecule has 0 radical (unpaired) electrons. The molecule has 0 unspecified atom stereocenters. The molecular weight excluding hydrogens is 318 g/mol. The first-order valence-electron chi connectivity index (χ1n) is 8.03. The van der Waals surface area contributed by atoms with E-state index in [2.05, 4.69) is 18.3 Å². The van der Waals surface area contributed by atoms with Crippen LogP contribution in [0.15, 0.2) is 48.5 Å². The molecule has 0 saturated heterocycles. The van der Waals surface area contributed by atoms with Crippen molar-refractivity contribution in [2.45, 2.75) is 26.7 Å². The van der Waals surface area contributed by atoms with E-state index in [0.29, 0.717) is 11.3 Å². The van der Waals surface area contributed by atoms with Gasteiger partial charge in [-0.1, -0.05) is 43.7 Å². The summed E-state index contributed by atoms with van der Waals surface area (Å²) in [6.45, 7) is 3.64. The number of fused-ring (bicyclic) bond motifs is 1. The highest BCUT2D eigenvalue weighted by atomic mass is 32.1. The number of anilines is 1. The van der Waals surface area contributed by atoms with E-state index in [1.165, 1.54) is 18.3 Å². The minimum Gasteiger partial charge on any atom is -0.321 e. The number of benzene rings is 2. The van der Waals surface area contributed by atoms with Gasteiger partial charge in [-0.3, -0.25) is 9.59 Å². The molecule has 0 spiro atoms. The van der Waals surface area contributed by atoms with Gasteiger partial charge in [0.2, 0.25) is 0 Å². The molecule has 2 aromatic carbocycles. The number of hydrogen-bond acceptors (Lipinski definition) is 3. The van der Waals surface area contributed by atoms with Crippen molar-refractivity contribution in [1.82, 2.24) is 0 Å². The molecule has 0 aliphatic heterocycles. The Kier molecular flexibility index (Phi) is 4.76. The first-order chi connectivity index (χ1) is 11.6. The standard InChI is InChI=1S/C20H19NO2S/c1-3-7-17-16-10-4-5-11-18(16)24-19(17)20(23)21-15-9-6-8-14(12-15)13(2)22/h4-6,8-12H,3,7H2,1-2H3,(H,21,23). The van der Waals surface area contributed by atoms with Crippen molar-refractivity contribution in [2.75, 3.05) is 5.32 Å². The summed E-state index contributed by atoms with van der Waals surface area (Å²) in [7, 11) is 0. The van der Waals surface area contributed by atoms with Crippen molar-refractivity contribution in [2.24, 2.45) is 0 Å². The van der Waals surface area contributed by atoms with Gasteiger partial charge in [0, 0.05) is 16.0 Å². The summed E-state index contributed by atoms with van der Waals surface area (Å²) < 4.78 is 1.13. The number of Topliss-reactive ketones (excluding diaryl/α,β-unsaturated/α-hetero) is 1. The summed E-state index contributed by atoms with van der Waals surface area (Å²) in [6, 6.07) is 15.2. The number of amides is 1. The number of carbonyl (C=O) groups excluding carboxylic acids is 2. The second-order valence-corrected chi connectivity index (χ2v) is 6.80. The second kappa shape index (κ2) is 6.97. The second-order valence-electron chi connectivity index (χ2n) is 5.75. The number of nitrogens with one attached hydrogen (secondary N) is 1. The number of carbonyl (C=O) groups is 2. The van der Waals surface area contributed by atoms with Gasteiger partial charge in [-0.2, -0.15) is 0 Å². The molecular formula is C20H19NO2S. The average molecular weight is 337 g/mol. The van der Waals surface area contributed by atoms with Crippen LogP contribution in [0.1, 0.15) is 45.9 Å². The third-order valence-electron chi connectivity index (χ3n) is 3.93. The van der Waals surface area contributed by atoms with Crippen molar-refractivity contribution in [3.05, 3.63) is 64.5 Å². The highest BCUT2D eigenvalue weighted by Gasteiger charge is 2.18. The first-order valence-corrected chi connectivity index (χ1v) is 8.84. The average Bonchev–Trinajstić information content (AvgIpc) is 2.94. The maximum atomic E-state index is 12.8. The molecule has 0 fully saturated rings. The molecule has 1 heterocycles. The Hall–Kier alpha value is -2.46. The SMILES string of the molecule is CCCc1c(C(=O)Nc2cccc(C(C)=O)c2)sc2ccccc12. The lowest BCUT2D eigenvalue weighted by Crippen LogP contribution is -2.12. The molecule has 0 atom stereocenters. The van der Waals surface area contributed by atoms with E-state index in [1.807, 2.05) is 18.2 Å². The summed E-state index contributed by atoms with van der Waals surface area (Å²) in [5.74, 6) is -0.125. The van der Waals surface area contributed by atoms with Crippen molar-refractivity contribution in [1.29, 1.82) is 0 Å². The largest absolute Gasteiger partial charge is 0.321 e. The van der Waals surface area contributed by atoms with E-state index in [9.17, 15) is 9.59 Å². The summed E-state index contributed by atoms with van der Waals surface area (Å²) in [6.07, 6.45) is 1.86. The summed E-state index contributed by atoms with van der Waals surface area (Å²) in [4.78, 5) is 25.0. The number of aryl methyl sites for hydroxylation is 1. The molecule has 3 aromatic rings. The van der Waals surface area contributed by atoms with Crippen molar-refractivity contribution in [3.63, 3.8) is 0 Å². The zero-order chi connectivity index (χ0) is 17.1. The minimum atomic E-state index is -0.111. The summed E-state index contributed by atoms with van der Waals surface area (Å²) >= 11 is 1.52. The Bertz CT molecular complexity index is 911. The molecule has 122 valence electrons. The van der Waals surface area contributed by atoms with E-state index in [0.717, 1.165) is 33.4 Å². The Morgan fingerprint density at radius 1 is 1.08 bits per heavy atom. The Morgan fingerprint density at radius 3 is 2.62 bits per heavy atom. The van der Waals surface area contributed by atoms with Crippen LogP contribution >= 0.6 is 11.3 Å². The third kappa shape index (κ3) is 3.24. The molecule has 3 rings (SSSR count). The fraction of sp³-hybridized carbons (Fsp3) is 0.200. The normalized spacial score (nSPS) is 10.8. The third-order valence-corrected chi connectivity index (χ3v) is 5.14. The van der Waals surface area contributed by atoms with Crippen LogP contribution in [0.4, 0.5) is 5.69 Å². The van der Waals surface area contributed by atoms with E-state index < -0.39 is 0 Å². The van der Waals surface area contributed by atoms with Crippen LogP contribution in [0.5, 0.6) is 0 Å². The van der Waals surface area contributed by atoms with E-state index in [4.69, 9.17) is 0 Å². The predicted molar refractivity (Wildman–Crippen MR) is 100 cm³/mol. The Labute approximate surface area is 145 Å². The van der Waals surface area contributed by atoms with Crippen LogP contribution in [0.2, 0.25) is 0 Å². The number of ketones is 1. The number of hydrogen-bond donors (Lipinski definition) is 1. The van der Waals surface area contributed by atoms with Gasteiger partial charge in [-0.15, -0.1) is 11.3 Å². The van der Waals surface area contributed by atoms with Gasteiger partial charge in [0.25, 0.3) is 5.91 Å². The van der Waals surface area contributed by atoms with Crippen molar-refractivity contribution in [3.8, 4) is 0 Å². The molecule has 24 heavy (non-hydrogen) atoms. The van der Waals surface area contributed by atoms with E-state index in [-0.39, 0.29) is 11.7 Å². The molecule has 0 bridgehead atoms. The van der Waals surface area contributed by atoms with Crippen LogP contribution in [-0.4, -0.2) is 11.7 Å². The molecule has 0 aliphatic rings. The smallest absolute Gasteiger partial charge is 0.266 e. The Morgan fingerprint density at radius 2 is 1.88 bits per heavy atom. The zero-order valence-corrected chi connectivity index (χ0v) is 14.6. The summed E-state index contributed by atoms with van der Waals surface area (Å²) in [5.41, 5.74) is 2.35. The van der Waals surface area contributed by atoms with Crippen molar-refractivity contribution >= 4 is 38.8 Å². The van der Waals surface area contributed by atoms with Crippen LogP contribution in [0, 0.1) is 0 Å². The molecule has 0 saturated carbocycles. The number of thiophene rings is 1. The molecule has 0 aliphatic carbocycles. The lowest BCUT2D eigenvalue weighted by Gasteiger charge is -2.07. The maximum absolute atomic E-state index is 12.8. The van der Waals surface area contributed by atoms with Gasteiger partial charge in [0.1, 0.15) is 0 Å². The minimum absolute atomic E-state index is 0.0142. The first kappa shape index (κ1) is 16.4. The monoisotopic (exact) mass is 337 g/mol. The zero-order valence-electron chi connectivity index (χ0n) is 13.8. The topological polar surface area (TPSA) is 46.2 Å².